The Morgan fingerprint density at radius 2 is 1.94 bits per heavy atom. The monoisotopic (exact) mass is 269 g/mol. The Morgan fingerprint density at radius 1 is 1.28 bits per heavy atom. The second kappa shape index (κ2) is 3.93. The van der Waals surface area contributed by atoms with E-state index in [4.69, 9.17) is 9.66 Å². The molecule has 1 heterocycles. The lowest BCUT2D eigenvalue weighted by molar-refractivity contribution is 0.0698. The fourth-order valence-electron chi connectivity index (χ4n) is 1.67. The summed E-state index contributed by atoms with van der Waals surface area (Å²) in [6.07, 6.45) is 0. The second-order valence-corrected chi connectivity index (χ2v) is 4.90. The zero-order valence-electron chi connectivity index (χ0n) is 8.75. The Hall–Kier alpha value is -2.19. The van der Waals surface area contributed by atoms with Crippen LogP contribution in [0.3, 0.4) is 0 Å². The summed E-state index contributed by atoms with van der Waals surface area (Å²) < 4.78 is 31.4. The molecule has 0 spiro atoms. The number of benzene rings is 1. The number of carboxylic acid groups (broad SMARTS) is 1. The molecule has 2 aromatic rings. The van der Waals surface area contributed by atoms with E-state index in [1.54, 1.807) is 0 Å². The highest BCUT2D eigenvalue weighted by molar-refractivity contribution is 7.86. The number of carboxylic acids is 1. The highest BCUT2D eigenvalue weighted by atomic mass is 32.2. The van der Waals surface area contributed by atoms with Gasteiger partial charge in [0.05, 0.1) is 11.1 Å². The zero-order valence-corrected chi connectivity index (χ0v) is 9.56. The molecular weight excluding hydrogens is 262 g/mol. The minimum absolute atomic E-state index is 0.0232. The predicted molar refractivity (Wildman–Crippen MR) is 61.3 cm³/mol. The van der Waals surface area contributed by atoms with Crippen molar-refractivity contribution in [3.05, 3.63) is 40.2 Å². The van der Waals surface area contributed by atoms with E-state index in [0.29, 0.717) is 0 Å². The molecule has 0 bridgehead atoms. The highest BCUT2D eigenvalue weighted by Crippen LogP contribution is 2.24. The van der Waals surface area contributed by atoms with Crippen LogP contribution in [-0.2, 0) is 10.1 Å². The Kier molecular flexibility index (Phi) is 2.68. The number of carbonyl (C=O) groups is 1. The molecule has 7 nitrogen and oxygen atoms in total. The molecule has 3 N–H and O–H groups in total. The summed E-state index contributed by atoms with van der Waals surface area (Å²) in [4.78, 5) is 24.0. The molecule has 0 unspecified atom stereocenters. The third-order valence-corrected chi connectivity index (χ3v) is 3.23. The van der Waals surface area contributed by atoms with Crippen molar-refractivity contribution in [3.8, 4) is 0 Å². The summed E-state index contributed by atoms with van der Waals surface area (Å²) in [6.45, 7) is 0. The first-order valence-electron chi connectivity index (χ1n) is 4.67. The molecule has 8 heteroatoms. The van der Waals surface area contributed by atoms with Gasteiger partial charge in [-0.25, -0.2) is 4.79 Å². The zero-order chi connectivity index (χ0) is 13.5. The summed E-state index contributed by atoms with van der Waals surface area (Å²) in [5.41, 5.74) is -1.13. The average molecular weight is 269 g/mol. The van der Waals surface area contributed by atoms with E-state index in [1.807, 2.05) is 0 Å². The van der Waals surface area contributed by atoms with Crippen LogP contribution >= 0.6 is 0 Å². The Morgan fingerprint density at radius 3 is 2.50 bits per heavy atom. The van der Waals surface area contributed by atoms with Crippen molar-refractivity contribution in [3.63, 3.8) is 0 Å². The van der Waals surface area contributed by atoms with Crippen molar-refractivity contribution in [1.29, 1.82) is 0 Å². The van der Waals surface area contributed by atoms with Gasteiger partial charge in [0.1, 0.15) is 4.90 Å². The first-order valence-corrected chi connectivity index (χ1v) is 6.11. The van der Waals surface area contributed by atoms with Crippen LogP contribution in [0.25, 0.3) is 10.9 Å². The van der Waals surface area contributed by atoms with Gasteiger partial charge in [-0.05, 0) is 12.1 Å². The molecule has 94 valence electrons. The number of fused-ring (bicyclic) bond motifs is 1. The van der Waals surface area contributed by atoms with Crippen LogP contribution in [0.5, 0.6) is 0 Å². The number of H-pyrrole nitrogens is 1. The summed E-state index contributed by atoms with van der Waals surface area (Å²) in [5, 5.41) is 8.74. The number of rotatable bonds is 2. The fourth-order valence-corrected chi connectivity index (χ4v) is 2.40. The van der Waals surface area contributed by atoms with Crippen LogP contribution in [0, 0.1) is 0 Å². The average Bonchev–Trinajstić information content (AvgIpc) is 2.25. The van der Waals surface area contributed by atoms with Gasteiger partial charge < -0.3 is 10.1 Å². The third kappa shape index (κ3) is 1.98. The van der Waals surface area contributed by atoms with E-state index in [2.05, 4.69) is 4.98 Å². The van der Waals surface area contributed by atoms with Gasteiger partial charge in [0, 0.05) is 11.5 Å². The molecule has 1 aromatic heterocycles. The van der Waals surface area contributed by atoms with Gasteiger partial charge in [-0.3, -0.25) is 9.35 Å². The molecule has 0 radical (unpaired) electrons. The number of pyridine rings is 1. The number of aromatic amines is 1. The van der Waals surface area contributed by atoms with Crippen LogP contribution in [0.15, 0.2) is 34.0 Å². The molecule has 0 atom stereocenters. The number of hydrogen-bond acceptors (Lipinski definition) is 4. The minimum Gasteiger partial charge on any atom is -0.478 e. The molecule has 1 aromatic carbocycles. The molecule has 0 aliphatic heterocycles. The Bertz CT molecular complexity index is 805. The lowest BCUT2D eigenvalue weighted by Gasteiger charge is -2.06. The molecule has 0 aliphatic carbocycles. The van der Waals surface area contributed by atoms with Crippen molar-refractivity contribution < 1.29 is 22.9 Å². The predicted octanol–water partition coefficient (Wildman–Crippen LogP) is 0.473. The molecule has 0 fully saturated rings. The van der Waals surface area contributed by atoms with Gasteiger partial charge in [0.25, 0.3) is 10.1 Å². The van der Waals surface area contributed by atoms with Gasteiger partial charge in [-0.1, -0.05) is 6.07 Å². The Labute approximate surface area is 100 Å². The van der Waals surface area contributed by atoms with Crippen LogP contribution in [0.4, 0.5) is 0 Å². The van der Waals surface area contributed by atoms with E-state index in [1.165, 1.54) is 12.1 Å². The van der Waals surface area contributed by atoms with Gasteiger partial charge in [-0.15, -0.1) is 0 Å². The molecular formula is C10H7NO6S. The third-order valence-electron chi connectivity index (χ3n) is 2.34. The number of nitrogens with one attached hydrogen (secondary N) is 1. The molecule has 0 aliphatic rings. The number of aromatic carboxylic acids is 1. The van der Waals surface area contributed by atoms with Crippen molar-refractivity contribution in [1.82, 2.24) is 4.98 Å². The maximum atomic E-state index is 11.2. The maximum Gasteiger partial charge on any atom is 0.336 e. The van der Waals surface area contributed by atoms with Crippen molar-refractivity contribution in [2.75, 3.05) is 0 Å². The smallest absolute Gasteiger partial charge is 0.336 e. The summed E-state index contributed by atoms with van der Waals surface area (Å²) in [5.74, 6) is -1.46. The van der Waals surface area contributed by atoms with Gasteiger partial charge >= 0.3 is 5.97 Å². The van der Waals surface area contributed by atoms with Crippen molar-refractivity contribution >= 4 is 27.0 Å². The quantitative estimate of drug-likeness (QED) is 0.681. The van der Waals surface area contributed by atoms with Crippen LogP contribution in [0.1, 0.15) is 10.4 Å². The molecule has 0 saturated carbocycles. The first kappa shape index (κ1) is 12.3. The van der Waals surface area contributed by atoms with E-state index >= 15 is 0 Å². The fraction of sp³-hybridized carbons (Fsp3) is 0. The number of aromatic nitrogens is 1. The largest absolute Gasteiger partial charge is 0.478 e. The lowest BCUT2D eigenvalue weighted by Crippen LogP contribution is -2.12. The lowest BCUT2D eigenvalue weighted by atomic mass is 10.1. The highest BCUT2D eigenvalue weighted by Gasteiger charge is 2.20. The molecule has 2 rings (SSSR count). The van der Waals surface area contributed by atoms with Gasteiger partial charge in [-0.2, -0.15) is 8.42 Å². The topological polar surface area (TPSA) is 125 Å². The van der Waals surface area contributed by atoms with Crippen LogP contribution in [-0.4, -0.2) is 29.0 Å². The van der Waals surface area contributed by atoms with E-state index in [9.17, 15) is 18.0 Å². The molecule has 0 amide bonds. The minimum atomic E-state index is -4.58. The van der Waals surface area contributed by atoms with E-state index in [-0.39, 0.29) is 10.9 Å². The second-order valence-electron chi connectivity index (χ2n) is 3.51. The van der Waals surface area contributed by atoms with E-state index in [0.717, 1.165) is 12.1 Å². The standard InChI is InChI=1S/C10H7NO6S/c12-8-4-5(10(13)14)9-6(11-8)2-1-3-7(9)18(15,16)17/h1-4H,(H,11,12)(H,13,14)(H,15,16,17). The normalized spacial score (nSPS) is 11.6. The summed E-state index contributed by atoms with van der Waals surface area (Å²) >= 11 is 0. The SMILES string of the molecule is O=C(O)c1cc(=O)[nH]c2cccc(S(=O)(=O)O)c12. The maximum absolute atomic E-state index is 11.2. The van der Waals surface area contributed by atoms with Crippen molar-refractivity contribution in [2.45, 2.75) is 4.90 Å². The molecule has 18 heavy (non-hydrogen) atoms. The summed E-state index contributed by atoms with van der Waals surface area (Å²) in [6, 6.07) is 4.45. The molecule has 0 saturated heterocycles. The first-order chi connectivity index (χ1) is 8.30. The Balaban J connectivity index is 3.09. The van der Waals surface area contributed by atoms with Crippen LogP contribution < -0.4 is 5.56 Å². The van der Waals surface area contributed by atoms with Gasteiger partial charge in [0.15, 0.2) is 0 Å². The van der Waals surface area contributed by atoms with Gasteiger partial charge in [0.2, 0.25) is 5.56 Å². The van der Waals surface area contributed by atoms with E-state index < -0.39 is 32.1 Å². The number of hydrogen-bond donors (Lipinski definition) is 3. The van der Waals surface area contributed by atoms with Crippen LogP contribution in [0.2, 0.25) is 0 Å². The summed E-state index contributed by atoms with van der Waals surface area (Å²) in [7, 11) is -4.58. The van der Waals surface area contributed by atoms with Crippen molar-refractivity contribution in [2.24, 2.45) is 0 Å².